The van der Waals surface area contributed by atoms with Gasteiger partial charge in [0.15, 0.2) is 5.11 Å². The monoisotopic (exact) mass is 543 g/mol. The molecule has 0 bridgehead atoms. The van der Waals surface area contributed by atoms with Gasteiger partial charge in [-0.3, -0.25) is 9.78 Å². The van der Waals surface area contributed by atoms with Crippen LogP contribution in [0.4, 0.5) is 5.69 Å². The van der Waals surface area contributed by atoms with Crippen LogP contribution in [-0.4, -0.2) is 32.0 Å². The highest BCUT2D eigenvalue weighted by atomic mass is 35.5. The molecule has 38 heavy (non-hydrogen) atoms. The highest BCUT2D eigenvalue weighted by Gasteiger charge is 2.41. The largest absolute Gasteiger partial charge is 0.352 e. The molecule has 6 nitrogen and oxygen atoms in total. The molecule has 2 aromatic heterocycles. The number of amides is 1. The molecule has 2 atom stereocenters. The van der Waals surface area contributed by atoms with Gasteiger partial charge in [-0.2, -0.15) is 0 Å². The van der Waals surface area contributed by atoms with E-state index in [0.717, 1.165) is 39.6 Å². The summed E-state index contributed by atoms with van der Waals surface area (Å²) in [5.74, 6) is -0.0522. The van der Waals surface area contributed by atoms with E-state index in [4.69, 9.17) is 23.8 Å². The zero-order chi connectivity index (χ0) is 26.8. The molecule has 0 saturated carbocycles. The zero-order valence-electron chi connectivity index (χ0n) is 21.6. The molecule has 1 aliphatic heterocycles. The van der Waals surface area contributed by atoms with Crippen LogP contribution >= 0.6 is 23.8 Å². The lowest BCUT2D eigenvalue weighted by molar-refractivity contribution is -0.116. The van der Waals surface area contributed by atoms with Crippen LogP contribution in [0, 0.1) is 20.8 Å². The lowest BCUT2D eigenvalue weighted by Crippen LogP contribution is -2.33. The van der Waals surface area contributed by atoms with Crippen molar-refractivity contribution < 1.29 is 4.79 Å². The number of anilines is 1. The Morgan fingerprint density at radius 1 is 1.05 bits per heavy atom. The minimum absolute atomic E-state index is 0.0522. The highest BCUT2D eigenvalue weighted by molar-refractivity contribution is 7.80. The SMILES string of the molecule is Cc1ccccc1NC(=O)CCN1C(=S)N[C@H](c2ccccn2)[C@@H]1c1cc(C)n(-c2ccccc2Cl)c1C. The Morgan fingerprint density at radius 2 is 1.79 bits per heavy atom. The fraction of sp³-hybridized carbons (Fsp3) is 0.233. The molecule has 1 amide bonds. The number of hydrogen-bond acceptors (Lipinski definition) is 3. The maximum atomic E-state index is 12.9. The van der Waals surface area contributed by atoms with Crippen LogP contribution in [0.1, 0.15) is 46.7 Å². The number of nitrogens with one attached hydrogen (secondary N) is 2. The van der Waals surface area contributed by atoms with Crippen molar-refractivity contribution in [2.45, 2.75) is 39.3 Å². The average molecular weight is 544 g/mol. The van der Waals surface area contributed by atoms with Gasteiger partial charge in [-0.25, -0.2) is 0 Å². The van der Waals surface area contributed by atoms with E-state index in [9.17, 15) is 4.79 Å². The van der Waals surface area contributed by atoms with Crippen LogP contribution in [0.3, 0.4) is 0 Å². The number of thiocarbonyl (C=S) groups is 1. The lowest BCUT2D eigenvalue weighted by Gasteiger charge is -2.28. The Kier molecular flexibility index (Phi) is 7.49. The predicted octanol–water partition coefficient (Wildman–Crippen LogP) is 6.45. The van der Waals surface area contributed by atoms with Crippen molar-refractivity contribution in [2.24, 2.45) is 0 Å². The van der Waals surface area contributed by atoms with Gasteiger partial charge in [0.1, 0.15) is 0 Å². The first kappa shape index (κ1) is 25.9. The maximum absolute atomic E-state index is 12.9. The number of carbonyl (C=O) groups excluding carboxylic acids is 1. The molecule has 2 aromatic carbocycles. The molecule has 5 rings (SSSR count). The van der Waals surface area contributed by atoms with E-state index in [2.05, 4.69) is 45.0 Å². The molecular weight excluding hydrogens is 514 g/mol. The molecule has 1 fully saturated rings. The molecule has 0 spiro atoms. The van der Waals surface area contributed by atoms with Crippen molar-refractivity contribution in [1.29, 1.82) is 0 Å². The smallest absolute Gasteiger partial charge is 0.226 e. The first-order valence-electron chi connectivity index (χ1n) is 12.6. The minimum Gasteiger partial charge on any atom is -0.352 e. The lowest BCUT2D eigenvalue weighted by atomic mass is 9.96. The Labute approximate surface area is 233 Å². The number of pyridine rings is 1. The summed E-state index contributed by atoms with van der Waals surface area (Å²) < 4.78 is 2.18. The zero-order valence-corrected chi connectivity index (χ0v) is 23.2. The molecule has 194 valence electrons. The maximum Gasteiger partial charge on any atom is 0.226 e. The van der Waals surface area contributed by atoms with E-state index in [1.807, 2.05) is 73.7 Å². The van der Waals surface area contributed by atoms with Crippen molar-refractivity contribution in [3.63, 3.8) is 0 Å². The third kappa shape index (κ3) is 5.04. The van der Waals surface area contributed by atoms with Crippen LogP contribution in [0.5, 0.6) is 0 Å². The number of hydrogen-bond donors (Lipinski definition) is 2. The molecule has 8 heteroatoms. The average Bonchev–Trinajstić information content (AvgIpc) is 3.39. The fourth-order valence-electron chi connectivity index (χ4n) is 5.22. The molecule has 4 aromatic rings. The van der Waals surface area contributed by atoms with Gasteiger partial charge < -0.3 is 20.1 Å². The summed E-state index contributed by atoms with van der Waals surface area (Å²) in [5.41, 5.74) is 6.94. The van der Waals surface area contributed by atoms with Gasteiger partial charge in [-0.15, -0.1) is 0 Å². The number of rotatable bonds is 7. The molecule has 2 N–H and O–H groups in total. The molecule has 0 unspecified atom stereocenters. The summed E-state index contributed by atoms with van der Waals surface area (Å²) in [6.45, 7) is 6.63. The summed E-state index contributed by atoms with van der Waals surface area (Å²) in [4.78, 5) is 19.7. The van der Waals surface area contributed by atoms with Crippen LogP contribution in [0.2, 0.25) is 5.02 Å². The van der Waals surface area contributed by atoms with Crippen molar-refractivity contribution in [3.05, 3.63) is 112 Å². The van der Waals surface area contributed by atoms with Crippen molar-refractivity contribution >= 4 is 40.5 Å². The minimum atomic E-state index is -0.164. The van der Waals surface area contributed by atoms with E-state index in [-0.39, 0.29) is 18.0 Å². The second-order valence-electron chi connectivity index (χ2n) is 9.55. The third-order valence-electron chi connectivity index (χ3n) is 7.08. The Balaban J connectivity index is 1.48. The van der Waals surface area contributed by atoms with Gasteiger partial charge in [0, 0.05) is 36.2 Å². The topological polar surface area (TPSA) is 62.2 Å². The molecule has 1 saturated heterocycles. The summed E-state index contributed by atoms with van der Waals surface area (Å²) in [6.07, 6.45) is 2.09. The summed E-state index contributed by atoms with van der Waals surface area (Å²) >= 11 is 12.4. The second-order valence-corrected chi connectivity index (χ2v) is 10.3. The van der Waals surface area contributed by atoms with E-state index >= 15 is 0 Å². The van der Waals surface area contributed by atoms with Gasteiger partial charge >= 0.3 is 0 Å². The number of nitrogens with zero attached hydrogens (tertiary/aromatic N) is 3. The highest BCUT2D eigenvalue weighted by Crippen LogP contribution is 2.42. The van der Waals surface area contributed by atoms with Gasteiger partial charge in [0.2, 0.25) is 5.91 Å². The van der Waals surface area contributed by atoms with Crippen LogP contribution in [-0.2, 0) is 4.79 Å². The molecule has 3 heterocycles. The van der Waals surface area contributed by atoms with E-state index in [0.29, 0.717) is 23.1 Å². The molecular formula is C30H30ClN5OS. The second kappa shape index (κ2) is 11.0. The third-order valence-corrected chi connectivity index (χ3v) is 7.75. The van der Waals surface area contributed by atoms with Crippen LogP contribution in [0.25, 0.3) is 5.69 Å². The number of aromatic nitrogens is 2. The van der Waals surface area contributed by atoms with Gasteiger partial charge in [-0.05, 0) is 80.5 Å². The number of benzene rings is 2. The Bertz CT molecular complexity index is 1490. The van der Waals surface area contributed by atoms with Gasteiger partial charge in [0.25, 0.3) is 0 Å². The summed E-state index contributed by atoms with van der Waals surface area (Å²) in [6, 6.07) is 23.4. The van der Waals surface area contributed by atoms with Crippen molar-refractivity contribution in [3.8, 4) is 5.69 Å². The molecule has 0 radical (unpaired) electrons. The van der Waals surface area contributed by atoms with Crippen molar-refractivity contribution in [1.82, 2.24) is 19.8 Å². The molecule has 0 aliphatic carbocycles. The first-order valence-corrected chi connectivity index (χ1v) is 13.4. The van der Waals surface area contributed by atoms with Gasteiger partial charge in [0.05, 0.1) is 28.5 Å². The Hall–Kier alpha value is -3.68. The summed E-state index contributed by atoms with van der Waals surface area (Å²) in [7, 11) is 0. The van der Waals surface area contributed by atoms with E-state index in [1.54, 1.807) is 6.20 Å². The normalized spacial score (nSPS) is 16.9. The fourth-order valence-corrected chi connectivity index (χ4v) is 5.78. The van der Waals surface area contributed by atoms with E-state index < -0.39 is 0 Å². The van der Waals surface area contributed by atoms with Crippen molar-refractivity contribution in [2.75, 3.05) is 11.9 Å². The van der Waals surface area contributed by atoms with Crippen LogP contribution in [0.15, 0.2) is 79.0 Å². The number of halogens is 1. The quantitative estimate of drug-likeness (QED) is 0.262. The van der Waals surface area contributed by atoms with Crippen LogP contribution < -0.4 is 10.6 Å². The number of para-hydroxylation sites is 2. The number of aryl methyl sites for hydroxylation is 2. The number of carbonyl (C=O) groups is 1. The summed E-state index contributed by atoms with van der Waals surface area (Å²) in [5, 5.41) is 7.82. The van der Waals surface area contributed by atoms with Gasteiger partial charge in [-0.1, -0.05) is 48.0 Å². The standard InChI is InChI=1S/C30H30ClN5OS/c1-19-10-4-6-12-24(19)33-27(37)15-17-35-29(28(34-30(35)38)25-13-8-9-16-32-25)22-18-20(2)36(21(22)3)26-14-7-5-11-23(26)31/h4-14,16,18,28-29H,15,17H2,1-3H3,(H,33,37)(H,34,38)/t28-,29+/m1/s1. The first-order chi connectivity index (χ1) is 18.3. The predicted molar refractivity (Wildman–Crippen MR) is 157 cm³/mol. The Morgan fingerprint density at radius 3 is 2.53 bits per heavy atom. The molecule has 1 aliphatic rings. The van der Waals surface area contributed by atoms with E-state index in [1.165, 1.54) is 0 Å².